The molecule has 0 bridgehead atoms. The second kappa shape index (κ2) is 12.3. The maximum atomic E-state index is 15.1. The maximum Gasteiger partial charge on any atom is 0.419 e. The summed E-state index contributed by atoms with van der Waals surface area (Å²) in [5.74, 6) is 2.16. The van der Waals surface area contributed by atoms with Gasteiger partial charge in [-0.05, 0) is 98.5 Å². The fourth-order valence-corrected chi connectivity index (χ4v) is 6.93. The van der Waals surface area contributed by atoms with Gasteiger partial charge in [0.2, 0.25) is 0 Å². The van der Waals surface area contributed by atoms with Gasteiger partial charge >= 0.3 is 6.18 Å². The van der Waals surface area contributed by atoms with E-state index >= 15 is 4.39 Å². The zero-order valence-corrected chi connectivity index (χ0v) is 22.1. The molecule has 0 atom stereocenters. The average molecular weight is 509 g/mol. The summed E-state index contributed by atoms with van der Waals surface area (Å²) in [6.45, 7) is 4.81. The van der Waals surface area contributed by atoms with Gasteiger partial charge in [-0.25, -0.2) is 4.39 Å². The molecule has 0 radical (unpaired) electrons. The van der Waals surface area contributed by atoms with E-state index in [1.165, 1.54) is 43.9 Å². The molecule has 1 aromatic rings. The van der Waals surface area contributed by atoms with Crippen LogP contribution < -0.4 is 4.74 Å². The van der Waals surface area contributed by atoms with Gasteiger partial charge < -0.3 is 4.74 Å². The SMILES string of the molecule is CCC1CCC(COc2ccc(/C=C/C3CCC(C4CCC(C)CC4)CC3)c(C(F)(F)F)c2F)CC1. The summed E-state index contributed by atoms with van der Waals surface area (Å²) >= 11 is 0. The lowest BCUT2D eigenvalue weighted by Crippen LogP contribution is -2.24. The standard InChI is InChI=1S/C31H44F4O/c1-3-22-6-8-24(9-7-22)20-36-28-19-18-27(29(30(28)32)31(33,34)35)17-12-23-10-15-26(16-11-23)25-13-4-21(2)5-14-25/h12,17-19,21-26H,3-11,13-16,20H2,1-2H3/b17-12+. The second-order valence-electron chi connectivity index (χ2n) is 12.0. The minimum atomic E-state index is -4.77. The van der Waals surface area contributed by atoms with Crippen molar-refractivity contribution in [1.29, 1.82) is 0 Å². The van der Waals surface area contributed by atoms with E-state index < -0.39 is 17.6 Å². The topological polar surface area (TPSA) is 9.23 Å². The Morgan fingerprint density at radius 2 is 1.42 bits per heavy atom. The first-order valence-electron chi connectivity index (χ1n) is 14.4. The minimum Gasteiger partial charge on any atom is -0.490 e. The normalized spacial score (nSPS) is 32.1. The summed E-state index contributed by atoms with van der Waals surface area (Å²) in [7, 11) is 0. The Labute approximate surface area is 215 Å². The lowest BCUT2D eigenvalue weighted by Gasteiger charge is -2.36. The number of allylic oxidation sites excluding steroid dienone is 1. The number of halogens is 4. The van der Waals surface area contributed by atoms with E-state index in [4.69, 9.17) is 4.74 Å². The average Bonchev–Trinajstić information content (AvgIpc) is 2.87. The summed E-state index contributed by atoms with van der Waals surface area (Å²) in [6.07, 6.45) is 13.6. The highest BCUT2D eigenvalue weighted by atomic mass is 19.4. The van der Waals surface area contributed by atoms with Crippen LogP contribution in [0, 0.1) is 41.3 Å². The van der Waals surface area contributed by atoms with E-state index in [9.17, 15) is 13.2 Å². The third kappa shape index (κ3) is 7.07. The monoisotopic (exact) mass is 508 g/mol. The van der Waals surface area contributed by atoms with Crippen LogP contribution in [0.1, 0.15) is 108 Å². The summed E-state index contributed by atoms with van der Waals surface area (Å²) in [6, 6.07) is 2.75. The predicted molar refractivity (Wildman–Crippen MR) is 138 cm³/mol. The highest BCUT2D eigenvalue weighted by molar-refractivity contribution is 5.57. The molecular weight excluding hydrogens is 464 g/mol. The smallest absolute Gasteiger partial charge is 0.419 e. The van der Waals surface area contributed by atoms with Crippen LogP contribution in [0.3, 0.4) is 0 Å². The van der Waals surface area contributed by atoms with Crippen LogP contribution in [0.25, 0.3) is 6.08 Å². The number of ether oxygens (including phenoxy) is 1. The van der Waals surface area contributed by atoms with Gasteiger partial charge in [-0.3, -0.25) is 0 Å². The summed E-state index contributed by atoms with van der Waals surface area (Å²) in [4.78, 5) is 0. The van der Waals surface area contributed by atoms with Crippen molar-refractivity contribution in [2.24, 2.45) is 35.5 Å². The second-order valence-corrected chi connectivity index (χ2v) is 12.0. The maximum absolute atomic E-state index is 15.1. The van der Waals surface area contributed by atoms with Gasteiger partial charge in [-0.15, -0.1) is 0 Å². The zero-order valence-electron chi connectivity index (χ0n) is 22.1. The number of hydrogen-bond donors (Lipinski definition) is 0. The summed E-state index contributed by atoms with van der Waals surface area (Å²) in [5, 5.41) is 0. The van der Waals surface area contributed by atoms with Crippen LogP contribution in [0.2, 0.25) is 0 Å². The van der Waals surface area contributed by atoms with Crippen molar-refractivity contribution >= 4 is 6.08 Å². The zero-order chi connectivity index (χ0) is 25.7. The fraction of sp³-hybridized carbons (Fsp3) is 0.742. The molecule has 3 fully saturated rings. The number of hydrogen-bond acceptors (Lipinski definition) is 1. The van der Waals surface area contributed by atoms with E-state index in [0.29, 0.717) is 0 Å². The van der Waals surface area contributed by atoms with Crippen molar-refractivity contribution in [2.45, 2.75) is 103 Å². The van der Waals surface area contributed by atoms with Crippen LogP contribution >= 0.6 is 0 Å². The van der Waals surface area contributed by atoms with Crippen LogP contribution in [-0.2, 0) is 6.18 Å². The van der Waals surface area contributed by atoms with Crippen molar-refractivity contribution in [3.63, 3.8) is 0 Å². The molecule has 1 nitrogen and oxygen atoms in total. The lowest BCUT2D eigenvalue weighted by molar-refractivity contribution is -0.140. The van der Waals surface area contributed by atoms with E-state index in [2.05, 4.69) is 13.8 Å². The molecule has 0 aliphatic heterocycles. The lowest BCUT2D eigenvalue weighted by atomic mass is 9.69. The van der Waals surface area contributed by atoms with Gasteiger partial charge in [0.15, 0.2) is 11.6 Å². The van der Waals surface area contributed by atoms with Gasteiger partial charge in [0, 0.05) is 0 Å². The largest absolute Gasteiger partial charge is 0.490 e. The first-order valence-corrected chi connectivity index (χ1v) is 14.4. The number of alkyl halides is 3. The van der Waals surface area contributed by atoms with E-state index in [0.717, 1.165) is 81.5 Å². The van der Waals surface area contributed by atoms with Crippen LogP contribution in [-0.4, -0.2) is 6.61 Å². The molecule has 0 N–H and O–H groups in total. The van der Waals surface area contributed by atoms with Gasteiger partial charge in [-0.2, -0.15) is 13.2 Å². The van der Waals surface area contributed by atoms with Crippen LogP contribution in [0.15, 0.2) is 18.2 Å². The molecule has 5 heteroatoms. The molecule has 0 heterocycles. The Hall–Kier alpha value is -1.52. The molecule has 0 aromatic heterocycles. The first-order chi connectivity index (χ1) is 17.2. The molecular formula is C31H44F4O. The Morgan fingerprint density at radius 3 is 2.00 bits per heavy atom. The Kier molecular flexibility index (Phi) is 9.44. The van der Waals surface area contributed by atoms with Crippen molar-refractivity contribution in [3.8, 4) is 5.75 Å². The molecule has 202 valence electrons. The van der Waals surface area contributed by atoms with Gasteiger partial charge in [0.05, 0.1) is 6.61 Å². The summed E-state index contributed by atoms with van der Waals surface area (Å²) in [5.41, 5.74) is -1.30. The quantitative estimate of drug-likeness (QED) is 0.333. The molecule has 0 amide bonds. The van der Waals surface area contributed by atoms with E-state index in [1.807, 2.05) is 6.08 Å². The fourth-order valence-electron chi connectivity index (χ4n) is 6.93. The molecule has 0 spiro atoms. The van der Waals surface area contributed by atoms with E-state index in [1.54, 1.807) is 0 Å². The van der Waals surface area contributed by atoms with Crippen molar-refractivity contribution < 1.29 is 22.3 Å². The highest BCUT2D eigenvalue weighted by Crippen LogP contribution is 2.43. The molecule has 4 rings (SSSR count). The van der Waals surface area contributed by atoms with Crippen LogP contribution in [0.4, 0.5) is 17.6 Å². The molecule has 3 aliphatic rings. The Morgan fingerprint density at radius 1 is 0.833 bits per heavy atom. The van der Waals surface area contributed by atoms with Crippen molar-refractivity contribution in [1.82, 2.24) is 0 Å². The molecule has 1 aromatic carbocycles. The van der Waals surface area contributed by atoms with Crippen molar-refractivity contribution in [3.05, 3.63) is 35.2 Å². The third-order valence-electron chi connectivity index (χ3n) is 9.53. The Balaban J connectivity index is 1.36. The number of benzene rings is 1. The van der Waals surface area contributed by atoms with Crippen LogP contribution in [0.5, 0.6) is 5.75 Å². The first kappa shape index (κ1) is 27.5. The molecule has 3 saturated carbocycles. The van der Waals surface area contributed by atoms with Crippen molar-refractivity contribution in [2.75, 3.05) is 6.61 Å². The van der Waals surface area contributed by atoms with Gasteiger partial charge in [-0.1, -0.05) is 64.2 Å². The van der Waals surface area contributed by atoms with Gasteiger partial charge in [0.1, 0.15) is 5.56 Å². The highest BCUT2D eigenvalue weighted by Gasteiger charge is 2.38. The molecule has 0 unspecified atom stereocenters. The molecule has 3 aliphatic carbocycles. The number of rotatable bonds is 7. The Bertz CT molecular complexity index is 852. The van der Waals surface area contributed by atoms with E-state index in [-0.39, 0.29) is 29.8 Å². The van der Waals surface area contributed by atoms with Gasteiger partial charge in [0.25, 0.3) is 0 Å². The molecule has 0 saturated heterocycles. The molecule has 36 heavy (non-hydrogen) atoms. The minimum absolute atomic E-state index is 0.0980. The summed E-state index contributed by atoms with van der Waals surface area (Å²) < 4.78 is 62.3. The third-order valence-corrected chi connectivity index (χ3v) is 9.53. The predicted octanol–water partition coefficient (Wildman–Crippen LogP) is 10.1.